The third kappa shape index (κ3) is 1.92. The second kappa shape index (κ2) is 4.48. The molecule has 1 aliphatic carbocycles. The summed E-state index contributed by atoms with van der Waals surface area (Å²) in [6, 6.07) is 0. The van der Waals surface area contributed by atoms with Gasteiger partial charge in [0.05, 0.1) is 0 Å². The highest BCUT2D eigenvalue weighted by molar-refractivity contribution is 4.90. The van der Waals surface area contributed by atoms with Gasteiger partial charge in [-0.05, 0) is 29.6 Å². The number of hydrogen-bond acceptors (Lipinski definition) is 0. The normalized spacial score (nSPS) is 45.5. The Morgan fingerprint density at radius 1 is 0.769 bits per heavy atom. The largest absolute Gasteiger partial charge is 0.0654 e. The van der Waals surface area contributed by atoms with Crippen LogP contribution >= 0.6 is 0 Å². The molecular weight excluding hydrogens is 156 g/mol. The number of rotatable bonds is 3. The van der Waals surface area contributed by atoms with Gasteiger partial charge >= 0.3 is 0 Å². The highest BCUT2D eigenvalue weighted by atomic mass is 14.5. The summed E-state index contributed by atoms with van der Waals surface area (Å²) in [6.45, 7) is 12.1. The minimum atomic E-state index is 0.946. The van der Waals surface area contributed by atoms with Crippen molar-refractivity contribution < 1.29 is 0 Å². The third-order valence-corrected chi connectivity index (χ3v) is 4.65. The fourth-order valence-corrected chi connectivity index (χ4v) is 3.52. The van der Waals surface area contributed by atoms with Crippen LogP contribution in [0.2, 0.25) is 0 Å². The molecule has 1 fully saturated rings. The van der Waals surface area contributed by atoms with Crippen LogP contribution in [0.5, 0.6) is 0 Å². The van der Waals surface area contributed by atoms with Crippen molar-refractivity contribution in [2.75, 3.05) is 0 Å². The van der Waals surface area contributed by atoms with Crippen LogP contribution in [0.25, 0.3) is 0 Å². The van der Waals surface area contributed by atoms with E-state index in [4.69, 9.17) is 0 Å². The molecule has 0 aromatic rings. The van der Waals surface area contributed by atoms with Gasteiger partial charge in [0, 0.05) is 0 Å². The van der Waals surface area contributed by atoms with Gasteiger partial charge in [-0.1, -0.05) is 53.9 Å². The molecule has 0 radical (unpaired) electrons. The molecule has 0 aromatic heterocycles. The lowest BCUT2D eigenvalue weighted by Gasteiger charge is -2.22. The first-order valence-corrected chi connectivity index (χ1v) is 6.13. The minimum absolute atomic E-state index is 0.946. The molecule has 0 bridgehead atoms. The van der Waals surface area contributed by atoms with Crippen LogP contribution in [0.1, 0.15) is 53.9 Å². The van der Waals surface area contributed by atoms with Gasteiger partial charge in [0.25, 0.3) is 0 Å². The molecule has 1 rings (SSSR count). The van der Waals surface area contributed by atoms with Gasteiger partial charge in [0.2, 0.25) is 0 Å². The number of hydrogen-bond donors (Lipinski definition) is 0. The summed E-state index contributed by atoms with van der Waals surface area (Å²) in [4.78, 5) is 0. The average molecular weight is 182 g/mol. The highest BCUT2D eigenvalue weighted by Crippen LogP contribution is 2.48. The van der Waals surface area contributed by atoms with Crippen molar-refractivity contribution in [2.24, 2.45) is 29.6 Å². The molecule has 13 heavy (non-hydrogen) atoms. The maximum atomic E-state index is 2.47. The fourth-order valence-electron chi connectivity index (χ4n) is 3.52. The molecular formula is C13H26. The zero-order chi connectivity index (χ0) is 10.0. The Bertz CT molecular complexity index is 150. The minimum Gasteiger partial charge on any atom is -0.0654 e. The maximum absolute atomic E-state index is 2.47. The monoisotopic (exact) mass is 182 g/mol. The van der Waals surface area contributed by atoms with Crippen molar-refractivity contribution in [3.05, 3.63) is 0 Å². The summed E-state index contributed by atoms with van der Waals surface area (Å²) in [7, 11) is 0. The maximum Gasteiger partial charge on any atom is -0.0355 e. The van der Waals surface area contributed by atoms with Gasteiger partial charge in [0.15, 0.2) is 0 Å². The van der Waals surface area contributed by atoms with E-state index in [0.29, 0.717) is 0 Å². The van der Waals surface area contributed by atoms with Crippen molar-refractivity contribution in [1.29, 1.82) is 0 Å². The highest BCUT2D eigenvalue weighted by Gasteiger charge is 2.41. The molecule has 1 saturated carbocycles. The summed E-state index contributed by atoms with van der Waals surface area (Å²) < 4.78 is 0. The predicted molar refractivity (Wildman–Crippen MR) is 59.7 cm³/mol. The lowest BCUT2D eigenvalue weighted by molar-refractivity contribution is 0.271. The second-order valence-corrected chi connectivity index (χ2v) is 5.10. The van der Waals surface area contributed by atoms with Crippen LogP contribution in [0, 0.1) is 29.6 Å². The standard InChI is InChI=1S/C13H26/c1-6-8-13-11(5)9(3)10(4)12(13)7-2/h9-13H,6-8H2,1-5H3. The van der Waals surface area contributed by atoms with Gasteiger partial charge in [-0.3, -0.25) is 0 Å². The Kier molecular flexibility index (Phi) is 3.82. The Morgan fingerprint density at radius 2 is 1.31 bits per heavy atom. The molecule has 1 aliphatic rings. The zero-order valence-corrected chi connectivity index (χ0v) is 10.0. The van der Waals surface area contributed by atoms with Crippen LogP contribution in [-0.2, 0) is 0 Å². The summed E-state index contributed by atoms with van der Waals surface area (Å²) in [6.07, 6.45) is 4.21. The summed E-state index contributed by atoms with van der Waals surface area (Å²) in [5.41, 5.74) is 0. The van der Waals surface area contributed by atoms with Gasteiger partial charge in [0.1, 0.15) is 0 Å². The molecule has 0 N–H and O–H groups in total. The van der Waals surface area contributed by atoms with E-state index in [2.05, 4.69) is 34.6 Å². The van der Waals surface area contributed by atoms with E-state index in [1.54, 1.807) is 0 Å². The topological polar surface area (TPSA) is 0 Å². The molecule has 5 unspecified atom stereocenters. The smallest absolute Gasteiger partial charge is 0.0355 e. The van der Waals surface area contributed by atoms with Crippen molar-refractivity contribution in [3.63, 3.8) is 0 Å². The van der Waals surface area contributed by atoms with Gasteiger partial charge < -0.3 is 0 Å². The predicted octanol–water partition coefficient (Wildman–Crippen LogP) is 4.35. The van der Waals surface area contributed by atoms with Crippen molar-refractivity contribution in [1.82, 2.24) is 0 Å². The molecule has 0 aliphatic heterocycles. The molecule has 5 atom stereocenters. The Balaban J connectivity index is 2.68. The van der Waals surface area contributed by atoms with Crippen LogP contribution in [0.3, 0.4) is 0 Å². The van der Waals surface area contributed by atoms with E-state index in [-0.39, 0.29) is 0 Å². The molecule has 0 saturated heterocycles. The molecule has 0 heteroatoms. The SMILES string of the molecule is CCCC1C(C)C(C)C(C)C1CC. The Hall–Kier alpha value is 0. The summed E-state index contributed by atoms with van der Waals surface area (Å²) in [5.74, 6) is 4.88. The first kappa shape index (κ1) is 11.1. The summed E-state index contributed by atoms with van der Waals surface area (Å²) >= 11 is 0. The zero-order valence-electron chi connectivity index (χ0n) is 10.0. The van der Waals surface area contributed by atoms with E-state index in [0.717, 1.165) is 29.6 Å². The average Bonchev–Trinajstić information content (AvgIpc) is 2.32. The summed E-state index contributed by atoms with van der Waals surface area (Å²) in [5, 5.41) is 0. The lowest BCUT2D eigenvalue weighted by Crippen LogP contribution is -2.14. The first-order chi connectivity index (χ1) is 6.13. The first-order valence-electron chi connectivity index (χ1n) is 6.13. The van der Waals surface area contributed by atoms with Gasteiger partial charge in [-0.15, -0.1) is 0 Å². The Labute approximate surface area is 84.1 Å². The van der Waals surface area contributed by atoms with Crippen LogP contribution < -0.4 is 0 Å². The Morgan fingerprint density at radius 3 is 1.77 bits per heavy atom. The van der Waals surface area contributed by atoms with Crippen molar-refractivity contribution in [3.8, 4) is 0 Å². The van der Waals surface area contributed by atoms with E-state index >= 15 is 0 Å². The lowest BCUT2D eigenvalue weighted by atomic mass is 9.83. The van der Waals surface area contributed by atoms with E-state index in [1.807, 2.05) is 0 Å². The van der Waals surface area contributed by atoms with Gasteiger partial charge in [-0.2, -0.15) is 0 Å². The molecule has 0 amide bonds. The van der Waals surface area contributed by atoms with E-state index in [1.165, 1.54) is 19.3 Å². The van der Waals surface area contributed by atoms with E-state index < -0.39 is 0 Å². The van der Waals surface area contributed by atoms with E-state index in [9.17, 15) is 0 Å². The molecule has 78 valence electrons. The van der Waals surface area contributed by atoms with Crippen LogP contribution in [0.4, 0.5) is 0 Å². The molecule has 0 spiro atoms. The van der Waals surface area contributed by atoms with Crippen molar-refractivity contribution >= 4 is 0 Å². The third-order valence-electron chi connectivity index (χ3n) is 4.65. The van der Waals surface area contributed by atoms with Crippen LogP contribution in [0.15, 0.2) is 0 Å². The van der Waals surface area contributed by atoms with Gasteiger partial charge in [-0.25, -0.2) is 0 Å². The quantitative estimate of drug-likeness (QED) is 0.608. The van der Waals surface area contributed by atoms with Crippen molar-refractivity contribution in [2.45, 2.75) is 53.9 Å². The van der Waals surface area contributed by atoms with Crippen LogP contribution in [-0.4, -0.2) is 0 Å². The second-order valence-electron chi connectivity index (χ2n) is 5.10. The fraction of sp³-hybridized carbons (Fsp3) is 1.00. The molecule has 0 nitrogen and oxygen atoms in total. The molecule has 0 aromatic carbocycles. The molecule has 0 heterocycles.